The minimum Gasteiger partial charge on any atom is -0.348 e. The zero-order valence-corrected chi connectivity index (χ0v) is 13.1. The molecular weight excluding hydrogens is 311 g/mol. The van der Waals surface area contributed by atoms with Crippen molar-refractivity contribution in [1.29, 1.82) is 0 Å². The minimum atomic E-state index is -0.427. The van der Waals surface area contributed by atoms with Crippen molar-refractivity contribution in [3.8, 4) is 0 Å². The Balaban J connectivity index is 2.66. The van der Waals surface area contributed by atoms with Crippen LogP contribution in [-0.2, 0) is 0 Å². The van der Waals surface area contributed by atoms with Gasteiger partial charge in [0.05, 0.1) is 10.0 Å². The van der Waals surface area contributed by atoms with Gasteiger partial charge in [0.2, 0.25) is 0 Å². The number of likely N-dealkylation sites (N-methyl/N-ethyl adjacent to an activating group) is 1. The zero-order chi connectivity index (χ0) is 14.4. The monoisotopic (exact) mass is 330 g/mol. The summed E-state index contributed by atoms with van der Waals surface area (Å²) in [5.74, 6) is -0.685. The summed E-state index contributed by atoms with van der Waals surface area (Å²) in [6, 6.07) is 4.47. The van der Waals surface area contributed by atoms with E-state index < -0.39 is 5.82 Å². The average molecular weight is 331 g/mol. The first-order chi connectivity index (χ1) is 8.99. The Hall–Kier alpha value is -0.940. The summed E-state index contributed by atoms with van der Waals surface area (Å²) in [4.78, 5) is 14.3. The largest absolute Gasteiger partial charge is 0.348 e. The molecule has 0 aliphatic carbocycles. The van der Waals surface area contributed by atoms with Crippen LogP contribution in [0.15, 0.2) is 22.7 Å². The predicted octanol–water partition coefficient (Wildman–Crippen LogP) is 3.05. The van der Waals surface area contributed by atoms with Crippen molar-refractivity contribution in [2.45, 2.75) is 26.8 Å². The summed E-state index contributed by atoms with van der Waals surface area (Å²) >= 11 is 3.10. The van der Waals surface area contributed by atoms with Crippen molar-refractivity contribution in [3.63, 3.8) is 0 Å². The summed E-state index contributed by atoms with van der Waals surface area (Å²) in [5, 5.41) is 2.89. The fourth-order valence-electron chi connectivity index (χ4n) is 1.90. The first-order valence-corrected chi connectivity index (χ1v) is 7.26. The number of carbonyl (C=O) groups is 1. The van der Waals surface area contributed by atoms with Crippen molar-refractivity contribution in [1.82, 2.24) is 10.2 Å². The van der Waals surface area contributed by atoms with E-state index in [4.69, 9.17) is 0 Å². The number of rotatable bonds is 6. The van der Waals surface area contributed by atoms with Gasteiger partial charge in [-0.25, -0.2) is 4.39 Å². The van der Waals surface area contributed by atoms with Gasteiger partial charge in [0, 0.05) is 12.6 Å². The first kappa shape index (κ1) is 16.1. The topological polar surface area (TPSA) is 32.3 Å². The number of nitrogens with one attached hydrogen (secondary N) is 1. The molecule has 0 aliphatic heterocycles. The van der Waals surface area contributed by atoms with Crippen molar-refractivity contribution in [3.05, 3.63) is 34.1 Å². The highest BCUT2D eigenvalue weighted by Crippen LogP contribution is 2.20. The maximum atomic E-state index is 13.4. The van der Waals surface area contributed by atoms with Crippen LogP contribution in [0.5, 0.6) is 0 Å². The molecule has 0 radical (unpaired) electrons. The number of hydrogen-bond donors (Lipinski definition) is 1. The number of hydrogen-bond acceptors (Lipinski definition) is 2. The molecule has 0 spiro atoms. The summed E-state index contributed by atoms with van der Waals surface area (Å²) in [5.41, 5.74) is 0.325. The Labute approximate surface area is 122 Å². The molecular formula is C14H20BrFN2O. The predicted molar refractivity (Wildman–Crippen MR) is 78.8 cm³/mol. The molecule has 0 fully saturated rings. The van der Waals surface area contributed by atoms with Crippen LogP contribution < -0.4 is 5.32 Å². The number of benzene rings is 1. The van der Waals surface area contributed by atoms with E-state index >= 15 is 0 Å². The van der Waals surface area contributed by atoms with Gasteiger partial charge in [-0.15, -0.1) is 0 Å². The van der Waals surface area contributed by atoms with Crippen LogP contribution in [0.3, 0.4) is 0 Å². The smallest absolute Gasteiger partial charge is 0.252 e. The number of carbonyl (C=O) groups excluding carboxylic acids is 1. The van der Waals surface area contributed by atoms with E-state index in [1.165, 1.54) is 12.1 Å². The fraction of sp³-hybridized carbons (Fsp3) is 0.500. The lowest BCUT2D eigenvalue weighted by Gasteiger charge is -2.23. The van der Waals surface area contributed by atoms with Gasteiger partial charge in [-0.1, -0.05) is 19.9 Å². The first-order valence-electron chi connectivity index (χ1n) is 6.46. The third kappa shape index (κ3) is 4.58. The SMILES string of the molecule is CCN(CC)CC(C)NC(=O)c1cccc(F)c1Br. The molecule has 0 saturated heterocycles. The van der Waals surface area contributed by atoms with Crippen LogP contribution in [0.25, 0.3) is 0 Å². The highest BCUT2D eigenvalue weighted by atomic mass is 79.9. The second-order valence-corrected chi connectivity index (χ2v) is 5.25. The normalized spacial score (nSPS) is 12.5. The van der Waals surface area contributed by atoms with Gasteiger partial charge in [0.1, 0.15) is 5.82 Å². The van der Waals surface area contributed by atoms with Crippen LogP contribution in [0.1, 0.15) is 31.1 Å². The quantitative estimate of drug-likeness (QED) is 0.869. The summed E-state index contributed by atoms with van der Waals surface area (Å²) in [6.45, 7) is 8.79. The molecule has 1 aromatic rings. The third-order valence-electron chi connectivity index (χ3n) is 3.00. The van der Waals surface area contributed by atoms with E-state index in [0.717, 1.165) is 19.6 Å². The molecule has 1 amide bonds. The number of halogens is 2. The van der Waals surface area contributed by atoms with Crippen LogP contribution in [0.4, 0.5) is 4.39 Å². The second-order valence-electron chi connectivity index (χ2n) is 4.46. The summed E-state index contributed by atoms with van der Waals surface area (Å²) in [7, 11) is 0. The van der Waals surface area contributed by atoms with Gasteiger partial charge in [-0.3, -0.25) is 4.79 Å². The number of nitrogens with zero attached hydrogens (tertiary/aromatic N) is 1. The maximum Gasteiger partial charge on any atom is 0.252 e. The van der Waals surface area contributed by atoms with Crippen LogP contribution in [0, 0.1) is 5.82 Å². The molecule has 0 bridgehead atoms. The van der Waals surface area contributed by atoms with E-state index in [9.17, 15) is 9.18 Å². The summed E-state index contributed by atoms with van der Waals surface area (Å²) in [6.07, 6.45) is 0. The standard InChI is InChI=1S/C14H20BrFN2O/c1-4-18(5-2)9-10(3)17-14(19)11-7-6-8-12(16)13(11)15/h6-8,10H,4-5,9H2,1-3H3,(H,17,19). The van der Waals surface area contributed by atoms with Crippen molar-refractivity contribution >= 4 is 21.8 Å². The van der Waals surface area contributed by atoms with Gasteiger partial charge < -0.3 is 10.2 Å². The third-order valence-corrected chi connectivity index (χ3v) is 3.81. The molecule has 106 valence electrons. The molecule has 1 unspecified atom stereocenters. The molecule has 1 atom stereocenters. The number of amides is 1. The van der Waals surface area contributed by atoms with Gasteiger partial charge in [-0.2, -0.15) is 0 Å². The molecule has 1 aromatic carbocycles. The van der Waals surface area contributed by atoms with Gasteiger partial charge in [0.25, 0.3) is 5.91 Å². The van der Waals surface area contributed by atoms with E-state index in [0.29, 0.717) is 5.56 Å². The molecule has 19 heavy (non-hydrogen) atoms. The lowest BCUT2D eigenvalue weighted by molar-refractivity contribution is 0.0929. The van der Waals surface area contributed by atoms with E-state index in [1.54, 1.807) is 6.07 Å². The Morgan fingerprint density at radius 2 is 2.05 bits per heavy atom. The molecule has 1 rings (SSSR count). The molecule has 0 heterocycles. The van der Waals surface area contributed by atoms with E-state index in [-0.39, 0.29) is 16.4 Å². The second kappa shape index (κ2) is 7.60. The van der Waals surface area contributed by atoms with Crippen molar-refractivity contribution in [2.75, 3.05) is 19.6 Å². The van der Waals surface area contributed by atoms with Gasteiger partial charge in [-0.05, 0) is 48.1 Å². The fourth-order valence-corrected chi connectivity index (χ4v) is 2.34. The Morgan fingerprint density at radius 3 is 2.63 bits per heavy atom. The lowest BCUT2D eigenvalue weighted by Crippen LogP contribution is -2.42. The molecule has 0 aromatic heterocycles. The molecule has 5 heteroatoms. The Morgan fingerprint density at radius 1 is 1.42 bits per heavy atom. The molecule has 3 nitrogen and oxygen atoms in total. The lowest BCUT2D eigenvalue weighted by atomic mass is 10.2. The van der Waals surface area contributed by atoms with E-state index in [2.05, 4.69) is 40.0 Å². The average Bonchev–Trinajstić information content (AvgIpc) is 2.38. The van der Waals surface area contributed by atoms with E-state index in [1.807, 2.05) is 6.92 Å². The van der Waals surface area contributed by atoms with Crippen LogP contribution in [0.2, 0.25) is 0 Å². The van der Waals surface area contributed by atoms with Crippen molar-refractivity contribution in [2.24, 2.45) is 0 Å². The molecule has 0 aliphatic rings. The van der Waals surface area contributed by atoms with Gasteiger partial charge in [0.15, 0.2) is 0 Å². The minimum absolute atomic E-state index is 0.0163. The van der Waals surface area contributed by atoms with Crippen LogP contribution >= 0.6 is 15.9 Å². The van der Waals surface area contributed by atoms with Crippen LogP contribution in [-0.4, -0.2) is 36.5 Å². The summed E-state index contributed by atoms with van der Waals surface area (Å²) < 4.78 is 13.6. The maximum absolute atomic E-state index is 13.4. The Kier molecular flexibility index (Phi) is 6.45. The molecule has 0 saturated carbocycles. The molecule has 1 N–H and O–H groups in total. The highest BCUT2D eigenvalue weighted by Gasteiger charge is 2.16. The highest BCUT2D eigenvalue weighted by molar-refractivity contribution is 9.10. The van der Waals surface area contributed by atoms with Crippen molar-refractivity contribution < 1.29 is 9.18 Å². The Bertz CT molecular complexity index is 435. The van der Waals surface area contributed by atoms with Gasteiger partial charge >= 0.3 is 0 Å². The zero-order valence-electron chi connectivity index (χ0n) is 11.5.